The van der Waals surface area contributed by atoms with Crippen LogP contribution in [-0.2, 0) is 12.4 Å². The van der Waals surface area contributed by atoms with Crippen LogP contribution in [-0.4, -0.2) is 15.1 Å². The van der Waals surface area contributed by atoms with E-state index in [1.54, 1.807) is 11.8 Å². The second-order valence-electron chi connectivity index (χ2n) is 3.90. The van der Waals surface area contributed by atoms with Crippen molar-refractivity contribution in [1.29, 1.82) is 0 Å². The van der Waals surface area contributed by atoms with Crippen molar-refractivity contribution in [3.05, 3.63) is 57.8 Å². The van der Waals surface area contributed by atoms with E-state index in [1.807, 2.05) is 31.2 Å². The minimum Gasteiger partial charge on any atom is -0.391 e. The predicted octanol–water partition coefficient (Wildman–Crippen LogP) is 1.86. The molecule has 1 aromatic carbocycles. The van der Waals surface area contributed by atoms with E-state index in [-0.39, 0.29) is 12.2 Å². The Morgan fingerprint density at radius 1 is 1.39 bits per heavy atom. The smallest absolute Gasteiger partial charge is 0.256 e. The second-order valence-corrected chi connectivity index (χ2v) is 4.91. The number of hydrogen-bond donors (Lipinski definition) is 2. The maximum Gasteiger partial charge on any atom is 0.256 e. The Hall–Kier alpha value is -1.59. The number of benzene rings is 1. The first-order chi connectivity index (χ1) is 8.70. The highest BCUT2D eigenvalue weighted by molar-refractivity contribution is 7.98. The number of aryl methyl sites for hydroxylation is 1. The number of H-pyrrole nitrogens is 1. The summed E-state index contributed by atoms with van der Waals surface area (Å²) in [5, 5.41) is 8.89. The van der Waals surface area contributed by atoms with Crippen molar-refractivity contribution in [3.8, 4) is 0 Å². The van der Waals surface area contributed by atoms with Crippen molar-refractivity contribution < 1.29 is 5.11 Å². The summed E-state index contributed by atoms with van der Waals surface area (Å²) in [6.45, 7) is 1.76. The van der Waals surface area contributed by atoms with Crippen molar-refractivity contribution in [2.75, 3.05) is 0 Å². The molecule has 0 saturated carbocycles. The van der Waals surface area contributed by atoms with Gasteiger partial charge in [-0.3, -0.25) is 4.79 Å². The first-order valence-electron chi connectivity index (χ1n) is 5.57. The number of nitrogens with zero attached hydrogens (tertiary/aromatic N) is 1. The summed E-state index contributed by atoms with van der Waals surface area (Å²) in [6.07, 6.45) is 1.42. The van der Waals surface area contributed by atoms with Crippen LogP contribution in [0.1, 0.15) is 17.0 Å². The quantitative estimate of drug-likeness (QED) is 0.825. The van der Waals surface area contributed by atoms with Crippen LogP contribution in [0.4, 0.5) is 0 Å². The van der Waals surface area contributed by atoms with Gasteiger partial charge in [0.2, 0.25) is 0 Å². The molecule has 0 fully saturated rings. The molecule has 0 aliphatic rings. The molecule has 0 saturated heterocycles. The lowest BCUT2D eigenvalue weighted by atomic mass is 10.2. The molecule has 2 aromatic rings. The molecule has 1 aromatic heterocycles. The molecular formula is C13H14N2O2S. The molecule has 4 nitrogen and oxygen atoms in total. The topological polar surface area (TPSA) is 66.0 Å². The highest BCUT2D eigenvalue weighted by Gasteiger charge is 2.03. The number of aromatic amines is 1. The first-order valence-corrected chi connectivity index (χ1v) is 6.55. The molecule has 94 valence electrons. The number of aromatic nitrogens is 2. The normalized spacial score (nSPS) is 10.6. The number of rotatable bonds is 4. The summed E-state index contributed by atoms with van der Waals surface area (Å²) in [5.74, 6) is 1.22. The van der Waals surface area contributed by atoms with E-state index in [0.717, 1.165) is 0 Å². The van der Waals surface area contributed by atoms with Gasteiger partial charge in [0, 0.05) is 11.1 Å². The van der Waals surface area contributed by atoms with Crippen LogP contribution in [0.3, 0.4) is 0 Å². The van der Waals surface area contributed by atoms with Crippen molar-refractivity contribution in [2.45, 2.75) is 24.2 Å². The van der Waals surface area contributed by atoms with Crippen molar-refractivity contribution in [2.24, 2.45) is 0 Å². The summed E-state index contributed by atoms with van der Waals surface area (Å²) in [5.41, 5.74) is 1.23. The highest BCUT2D eigenvalue weighted by Crippen LogP contribution is 2.24. The van der Waals surface area contributed by atoms with Crippen LogP contribution >= 0.6 is 11.8 Å². The Kier molecular flexibility index (Phi) is 4.17. The molecular weight excluding hydrogens is 248 g/mol. The van der Waals surface area contributed by atoms with Gasteiger partial charge in [-0.05, 0) is 18.6 Å². The van der Waals surface area contributed by atoms with E-state index in [9.17, 15) is 4.79 Å². The minimum absolute atomic E-state index is 0.270. The Morgan fingerprint density at radius 2 is 2.17 bits per heavy atom. The highest BCUT2D eigenvalue weighted by atomic mass is 32.2. The van der Waals surface area contributed by atoms with Gasteiger partial charge in [0.1, 0.15) is 5.82 Å². The Labute approximate surface area is 109 Å². The fourth-order valence-electron chi connectivity index (χ4n) is 1.51. The Morgan fingerprint density at radius 3 is 2.83 bits per heavy atom. The zero-order valence-corrected chi connectivity index (χ0v) is 10.8. The van der Waals surface area contributed by atoms with Gasteiger partial charge in [-0.15, -0.1) is 11.8 Å². The number of nitrogens with one attached hydrogen (secondary N) is 1. The van der Waals surface area contributed by atoms with E-state index in [2.05, 4.69) is 9.97 Å². The van der Waals surface area contributed by atoms with Crippen LogP contribution in [0.25, 0.3) is 0 Å². The molecule has 0 aliphatic heterocycles. The molecule has 0 spiro atoms. The van der Waals surface area contributed by atoms with E-state index in [1.165, 1.54) is 16.7 Å². The maximum absolute atomic E-state index is 11.5. The molecule has 0 unspecified atom stereocenters. The maximum atomic E-state index is 11.5. The van der Waals surface area contributed by atoms with Gasteiger partial charge in [-0.2, -0.15) is 0 Å². The summed E-state index contributed by atoms with van der Waals surface area (Å²) >= 11 is 1.63. The van der Waals surface area contributed by atoms with Crippen LogP contribution < -0.4 is 5.56 Å². The number of thioether (sulfide) groups is 1. The molecule has 18 heavy (non-hydrogen) atoms. The second kappa shape index (κ2) is 5.84. The lowest BCUT2D eigenvalue weighted by Crippen LogP contribution is -2.15. The van der Waals surface area contributed by atoms with Crippen molar-refractivity contribution in [1.82, 2.24) is 9.97 Å². The summed E-state index contributed by atoms with van der Waals surface area (Å²) < 4.78 is 0. The summed E-state index contributed by atoms with van der Waals surface area (Å²) in [6, 6.07) is 8.07. The van der Waals surface area contributed by atoms with Crippen molar-refractivity contribution >= 4 is 11.8 Å². The number of aliphatic hydroxyl groups is 1. The van der Waals surface area contributed by atoms with Gasteiger partial charge in [0.05, 0.1) is 17.9 Å². The van der Waals surface area contributed by atoms with Gasteiger partial charge < -0.3 is 10.1 Å². The van der Waals surface area contributed by atoms with Gasteiger partial charge in [-0.1, -0.05) is 18.2 Å². The SMILES string of the molecule is Cc1ccccc1SCc1ncc(CO)c(=O)[nH]1. The van der Waals surface area contributed by atoms with E-state index < -0.39 is 0 Å². The molecule has 0 aliphatic carbocycles. The fraction of sp³-hybridized carbons (Fsp3) is 0.231. The van der Waals surface area contributed by atoms with Crippen LogP contribution in [0, 0.1) is 6.92 Å². The molecule has 0 atom stereocenters. The third kappa shape index (κ3) is 3.00. The Balaban J connectivity index is 2.09. The van der Waals surface area contributed by atoms with E-state index in [4.69, 9.17) is 5.11 Å². The molecule has 0 radical (unpaired) electrons. The third-order valence-electron chi connectivity index (χ3n) is 2.55. The molecule has 2 N–H and O–H groups in total. The first kappa shape index (κ1) is 12.9. The van der Waals surface area contributed by atoms with Crippen LogP contribution in [0.2, 0.25) is 0 Å². The molecule has 2 rings (SSSR count). The van der Waals surface area contributed by atoms with Crippen molar-refractivity contribution in [3.63, 3.8) is 0 Å². The van der Waals surface area contributed by atoms with Gasteiger partial charge in [0.25, 0.3) is 5.56 Å². The lowest BCUT2D eigenvalue weighted by molar-refractivity contribution is 0.279. The molecule has 5 heteroatoms. The van der Waals surface area contributed by atoms with Gasteiger partial charge >= 0.3 is 0 Å². The van der Waals surface area contributed by atoms with Gasteiger partial charge in [0.15, 0.2) is 0 Å². The minimum atomic E-state index is -0.284. The average molecular weight is 262 g/mol. The zero-order valence-electron chi connectivity index (χ0n) is 10.0. The lowest BCUT2D eigenvalue weighted by Gasteiger charge is -2.05. The van der Waals surface area contributed by atoms with Crippen LogP contribution in [0.5, 0.6) is 0 Å². The average Bonchev–Trinajstić information content (AvgIpc) is 2.38. The largest absolute Gasteiger partial charge is 0.391 e. The number of aliphatic hydroxyl groups excluding tert-OH is 1. The molecule has 1 heterocycles. The zero-order chi connectivity index (χ0) is 13.0. The van der Waals surface area contributed by atoms with E-state index in [0.29, 0.717) is 17.1 Å². The van der Waals surface area contributed by atoms with Crippen LogP contribution in [0.15, 0.2) is 40.2 Å². The van der Waals surface area contributed by atoms with E-state index >= 15 is 0 Å². The standard InChI is InChI=1S/C13H14N2O2S/c1-9-4-2-3-5-11(9)18-8-12-14-6-10(7-16)13(17)15-12/h2-6,16H,7-8H2,1H3,(H,14,15,17). The predicted molar refractivity (Wildman–Crippen MR) is 71.5 cm³/mol. The summed E-state index contributed by atoms with van der Waals surface area (Å²) in [7, 11) is 0. The fourth-order valence-corrected chi connectivity index (χ4v) is 2.42. The molecule has 0 bridgehead atoms. The monoisotopic (exact) mass is 262 g/mol. The van der Waals surface area contributed by atoms with Gasteiger partial charge in [-0.25, -0.2) is 4.98 Å². The summed E-state index contributed by atoms with van der Waals surface area (Å²) in [4.78, 5) is 19.4. The molecule has 0 amide bonds. The third-order valence-corrected chi connectivity index (χ3v) is 3.74. The number of hydrogen-bond acceptors (Lipinski definition) is 4. The Bertz CT molecular complexity index is 596.